The van der Waals surface area contributed by atoms with Gasteiger partial charge in [0.1, 0.15) is 0 Å². The van der Waals surface area contributed by atoms with E-state index in [4.69, 9.17) is 0 Å². The molecular weight excluding hydrogens is 247 g/mol. The normalized spacial score (nSPS) is 0. The van der Waals surface area contributed by atoms with E-state index in [1.165, 1.54) is 0 Å². The first-order chi connectivity index (χ1) is 0. The van der Waals surface area contributed by atoms with Gasteiger partial charge < -0.3 is 0 Å². The first-order valence-electron chi connectivity index (χ1n) is 0. The van der Waals surface area contributed by atoms with Gasteiger partial charge in [-0.3, -0.25) is 0 Å². The molecule has 0 aromatic rings. The number of hydrogen-bond acceptors (Lipinski definition) is 0. The maximum Gasteiger partial charge on any atom is 0 e. The second kappa shape index (κ2) is 19.1. The van der Waals surface area contributed by atoms with Crippen molar-refractivity contribution in [1.82, 2.24) is 0 Å². The van der Waals surface area contributed by atoms with E-state index in [1.54, 1.807) is 0 Å². The smallest absolute Gasteiger partial charge is 0 e. The Morgan fingerprint density at radius 3 is 1.00 bits per heavy atom. The minimum atomic E-state index is 0. The van der Waals surface area contributed by atoms with E-state index in [0.717, 1.165) is 0 Å². The number of hydrogen-bond donors (Lipinski definition) is 0. The Morgan fingerprint density at radius 2 is 1.00 bits per heavy atom. The van der Waals surface area contributed by atoms with Crippen LogP contribution in [-0.4, -0.2) is 19.8 Å². The predicted molar refractivity (Wildman–Crippen MR) is 5.75 cm³/mol. The zero-order valence-corrected chi connectivity index (χ0v) is 7.11. The summed E-state index contributed by atoms with van der Waals surface area (Å²) in [5, 5.41) is 0. The average Bonchev–Trinajstić information content (AvgIpc) is 0. The van der Waals surface area contributed by atoms with Gasteiger partial charge in [-0.05, 0) is 0 Å². The van der Waals surface area contributed by atoms with Gasteiger partial charge in [0.25, 0.3) is 0 Å². The molecule has 0 aliphatic carbocycles. The van der Waals surface area contributed by atoms with Crippen LogP contribution in [0.3, 0.4) is 0 Å². The molecule has 5 radical (unpaired) electrons. The molecule has 0 atom stereocenters. The van der Waals surface area contributed by atoms with Gasteiger partial charge >= 0.3 is 0 Å². The van der Waals surface area contributed by atoms with Crippen LogP contribution in [0.4, 0.5) is 0 Å². The van der Waals surface area contributed by atoms with Gasteiger partial charge in [-0.15, -0.1) is 0 Å². The van der Waals surface area contributed by atoms with E-state index in [-0.39, 0.29) is 70.4 Å². The molecule has 0 aliphatic rings. The Labute approximate surface area is 69.8 Å². The van der Waals surface area contributed by atoms with E-state index in [1.807, 2.05) is 0 Å². The van der Waals surface area contributed by atoms with Crippen LogP contribution >= 0.6 is 0 Å². The zero-order chi connectivity index (χ0) is 0. The molecule has 0 nitrogen and oxygen atoms in total. The van der Waals surface area contributed by atoms with Gasteiger partial charge in [0.2, 0.25) is 0 Å². The monoisotopic (exact) mass is 245 g/mol. The summed E-state index contributed by atoms with van der Waals surface area (Å²) >= 11 is 0. The van der Waals surface area contributed by atoms with Crippen LogP contribution in [0.25, 0.3) is 0 Å². The van der Waals surface area contributed by atoms with E-state index < -0.39 is 0 Å². The summed E-state index contributed by atoms with van der Waals surface area (Å²) in [6, 6.07) is 0. The van der Waals surface area contributed by atoms with Crippen LogP contribution in [0, 0.1) is 0 Å². The Balaban J connectivity index is 0. The molecule has 0 bridgehead atoms. The van der Waals surface area contributed by atoms with Crippen molar-refractivity contribution in [2.24, 2.45) is 0 Å². The zero-order valence-electron chi connectivity index (χ0n) is 1.57. The molecule has 0 saturated carbocycles. The first kappa shape index (κ1) is 35.0. The van der Waals surface area contributed by atoms with E-state index >= 15 is 0 Å². The maximum atomic E-state index is 0. The van der Waals surface area contributed by atoms with E-state index in [0.29, 0.717) is 0 Å². The van der Waals surface area contributed by atoms with Gasteiger partial charge in [0, 0.05) is 70.4 Å². The van der Waals surface area contributed by atoms with Crippen molar-refractivity contribution in [3.8, 4) is 0 Å². The van der Waals surface area contributed by atoms with Gasteiger partial charge in [0.05, 0.1) is 0 Å². The second-order valence-corrected chi connectivity index (χ2v) is 0. The minimum Gasteiger partial charge on any atom is 0 e. The van der Waals surface area contributed by atoms with Crippen LogP contribution < -0.4 is 0 Å². The minimum absolute atomic E-state index is 0. The maximum absolute atomic E-state index is 0. The number of rotatable bonds is 0. The quantitative estimate of drug-likeness (QED) is 0.511. The van der Waals surface area contributed by atoms with Gasteiger partial charge in [0.15, 0.2) is 0 Å². The third-order valence-electron chi connectivity index (χ3n) is 0. The van der Waals surface area contributed by atoms with Crippen molar-refractivity contribution < 1.29 is 50.6 Å². The van der Waals surface area contributed by atoms with Crippen molar-refractivity contribution in [2.75, 3.05) is 0 Å². The first-order valence-corrected chi connectivity index (χ1v) is 0. The molecule has 0 spiro atoms. The summed E-state index contributed by atoms with van der Waals surface area (Å²) in [4.78, 5) is 0. The summed E-state index contributed by atoms with van der Waals surface area (Å²) in [6.45, 7) is 0. The van der Waals surface area contributed by atoms with Gasteiger partial charge in [-0.1, -0.05) is 0 Å². The molecule has 0 rings (SSSR count). The molecular formula is CuGaMnNi. The summed E-state index contributed by atoms with van der Waals surface area (Å²) in [5.41, 5.74) is 0. The van der Waals surface area contributed by atoms with Crippen LogP contribution in [0.5, 0.6) is 0 Å². The Hall–Kier alpha value is 2.17. The predicted octanol–water partition coefficient (Wildman–Crippen LogP) is -0.388. The fourth-order valence-corrected chi connectivity index (χ4v) is 0. The van der Waals surface area contributed by atoms with Gasteiger partial charge in [-0.2, -0.15) is 0 Å². The molecule has 0 fully saturated rings. The Kier molecular flexibility index (Phi) is 167. The molecule has 4 heavy (non-hydrogen) atoms. The molecule has 0 N–H and O–H groups in total. The summed E-state index contributed by atoms with van der Waals surface area (Å²) < 4.78 is 0. The van der Waals surface area contributed by atoms with E-state index in [2.05, 4.69) is 0 Å². The Bertz CT molecular complexity index is 8.00. The van der Waals surface area contributed by atoms with Crippen LogP contribution in [0.2, 0.25) is 0 Å². The second-order valence-electron chi connectivity index (χ2n) is 0. The van der Waals surface area contributed by atoms with Crippen LogP contribution in [0.15, 0.2) is 0 Å². The fourth-order valence-electron chi connectivity index (χ4n) is 0. The van der Waals surface area contributed by atoms with Crippen molar-refractivity contribution in [1.29, 1.82) is 0 Å². The third-order valence-corrected chi connectivity index (χ3v) is 0. The SMILES string of the molecule is [Cu].[Ga].[Mn].[Ni]. The summed E-state index contributed by atoms with van der Waals surface area (Å²) in [7, 11) is 0. The van der Waals surface area contributed by atoms with Gasteiger partial charge in [-0.25, -0.2) is 0 Å². The molecule has 0 saturated heterocycles. The van der Waals surface area contributed by atoms with Crippen LogP contribution in [0.1, 0.15) is 0 Å². The standard InChI is InChI=1S/Cu.Ga.Mn.Ni. The van der Waals surface area contributed by atoms with Crippen molar-refractivity contribution >= 4 is 19.8 Å². The molecule has 0 amide bonds. The molecule has 0 aromatic carbocycles. The van der Waals surface area contributed by atoms with Crippen molar-refractivity contribution in [2.45, 2.75) is 0 Å². The van der Waals surface area contributed by atoms with Crippen molar-refractivity contribution in [3.05, 3.63) is 0 Å². The largest absolute Gasteiger partial charge is 0 e. The molecule has 0 unspecified atom stereocenters. The molecule has 4 heteroatoms. The van der Waals surface area contributed by atoms with E-state index in [9.17, 15) is 0 Å². The molecule has 0 aromatic heterocycles. The molecule has 0 aliphatic heterocycles. The van der Waals surface area contributed by atoms with Crippen molar-refractivity contribution in [3.63, 3.8) is 0 Å². The Morgan fingerprint density at radius 1 is 1.00 bits per heavy atom. The third kappa shape index (κ3) is 8.90. The average molecular weight is 247 g/mol. The molecule has 31 valence electrons. The van der Waals surface area contributed by atoms with Crippen LogP contribution in [-0.2, 0) is 50.6 Å². The summed E-state index contributed by atoms with van der Waals surface area (Å²) in [5.74, 6) is 0. The fraction of sp³-hybridized carbons (Fsp3) is 0. The summed E-state index contributed by atoms with van der Waals surface area (Å²) in [6.07, 6.45) is 0. The molecule has 0 heterocycles. The topological polar surface area (TPSA) is 0 Å².